The quantitative estimate of drug-likeness (QED) is 0.907. The van der Waals surface area contributed by atoms with Gasteiger partial charge in [-0.25, -0.2) is 0 Å². The van der Waals surface area contributed by atoms with E-state index in [2.05, 4.69) is 0 Å². The maximum atomic E-state index is 11.9. The predicted octanol–water partition coefficient (Wildman–Crippen LogP) is 3.49. The third-order valence-electron chi connectivity index (χ3n) is 4.34. The van der Waals surface area contributed by atoms with Gasteiger partial charge in [-0.2, -0.15) is 0 Å². The van der Waals surface area contributed by atoms with Crippen molar-refractivity contribution < 1.29 is 19.4 Å². The highest BCUT2D eigenvalue weighted by molar-refractivity contribution is 6.32. The summed E-state index contributed by atoms with van der Waals surface area (Å²) in [6.45, 7) is 0.656. The molecule has 1 aliphatic carbocycles. The average molecular weight is 297 g/mol. The minimum atomic E-state index is -0.869. The lowest BCUT2D eigenvalue weighted by Gasteiger charge is -2.35. The van der Waals surface area contributed by atoms with Gasteiger partial charge in [0.05, 0.1) is 12.0 Å². The Hall–Kier alpha value is -1.26. The topological polar surface area (TPSA) is 55.8 Å². The van der Waals surface area contributed by atoms with Crippen LogP contribution in [0.4, 0.5) is 0 Å². The number of hydrogen-bond acceptors (Lipinski definition) is 3. The second kappa shape index (κ2) is 5.26. The molecule has 5 heteroatoms. The van der Waals surface area contributed by atoms with Crippen molar-refractivity contribution in [1.29, 1.82) is 0 Å². The summed E-state index contributed by atoms with van der Waals surface area (Å²) in [5.74, 6) is -0.0899. The number of ether oxygens (including phenoxy) is 2. The van der Waals surface area contributed by atoms with Crippen LogP contribution in [-0.4, -0.2) is 17.9 Å². The first kappa shape index (κ1) is 13.7. The van der Waals surface area contributed by atoms with E-state index in [1.807, 2.05) is 0 Å². The number of carboxylic acids is 1. The molecule has 2 aliphatic rings. The first-order chi connectivity index (χ1) is 9.63. The molecule has 1 aliphatic heterocycles. The van der Waals surface area contributed by atoms with Crippen molar-refractivity contribution in [2.45, 2.75) is 44.1 Å². The Morgan fingerprint density at radius 2 is 2.00 bits per heavy atom. The Morgan fingerprint density at radius 1 is 1.25 bits per heavy atom. The molecule has 0 bridgehead atoms. The number of carboxylic acid groups (broad SMARTS) is 1. The molecule has 1 fully saturated rings. The molecule has 1 N–H and O–H groups in total. The first-order valence-electron chi connectivity index (χ1n) is 6.90. The lowest BCUT2D eigenvalue weighted by molar-refractivity contribution is -0.145. The molecule has 20 heavy (non-hydrogen) atoms. The minimum absolute atomic E-state index is 0.203. The van der Waals surface area contributed by atoms with Crippen molar-refractivity contribution >= 4 is 17.6 Å². The van der Waals surface area contributed by atoms with Gasteiger partial charge in [0.25, 0.3) is 0 Å². The van der Waals surface area contributed by atoms with E-state index in [0.717, 1.165) is 24.8 Å². The molecule has 0 atom stereocenters. The molecule has 108 valence electrons. The molecule has 1 aromatic rings. The zero-order chi connectivity index (χ0) is 14.2. The number of halogens is 1. The van der Waals surface area contributed by atoms with Crippen molar-refractivity contribution in [2.24, 2.45) is 0 Å². The van der Waals surface area contributed by atoms with Crippen LogP contribution in [0.15, 0.2) is 12.1 Å². The van der Waals surface area contributed by atoms with E-state index >= 15 is 0 Å². The van der Waals surface area contributed by atoms with Gasteiger partial charge in [-0.05, 0) is 30.5 Å². The summed E-state index contributed by atoms with van der Waals surface area (Å²) in [7, 11) is 0. The Bertz CT molecular complexity index is 535. The van der Waals surface area contributed by atoms with E-state index in [-0.39, 0.29) is 6.79 Å². The summed E-state index contributed by atoms with van der Waals surface area (Å²) in [6, 6.07) is 3.59. The van der Waals surface area contributed by atoms with Crippen molar-refractivity contribution in [2.75, 3.05) is 6.79 Å². The van der Waals surface area contributed by atoms with Gasteiger partial charge < -0.3 is 14.6 Å². The highest BCUT2D eigenvalue weighted by Gasteiger charge is 2.43. The van der Waals surface area contributed by atoms with Gasteiger partial charge in [0.15, 0.2) is 6.79 Å². The Morgan fingerprint density at radius 3 is 2.70 bits per heavy atom. The number of benzene rings is 1. The Labute approximate surface area is 122 Å². The molecule has 1 aromatic carbocycles. The van der Waals surface area contributed by atoms with Gasteiger partial charge in [0.2, 0.25) is 0 Å². The summed E-state index contributed by atoms with van der Waals surface area (Å²) >= 11 is 6.35. The zero-order valence-electron chi connectivity index (χ0n) is 11.2. The van der Waals surface area contributed by atoms with Crippen LogP contribution in [0.25, 0.3) is 0 Å². The van der Waals surface area contributed by atoms with E-state index in [1.54, 1.807) is 12.1 Å². The fourth-order valence-electron chi connectivity index (χ4n) is 3.22. The van der Waals surface area contributed by atoms with E-state index in [0.29, 0.717) is 35.8 Å². The molecule has 0 radical (unpaired) electrons. The summed E-state index contributed by atoms with van der Waals surface area (Å²) in [6.07, 6.45) is 4.20. The lowest BCUT2D eigenvalue weighted by atomic mass is 9.69. The lowest BCUT2D eigenvalue weighted by Crippen LogP contribution is -2.38. The normalized spacial score (nSPS) is 20.9. The van der Waals surface area contributed by atoms with Crippen LogP contribution in [0.5, 0.6) is 5.75 Å². The van der Waals surface area contributed by atoms with Gasteiger partial charge in [-0.15, -0.1) is 0 Å². The number of rotatable bonds is 2. The van der Waals surface area contributed by atoms with E-state index < -0.39 is 11.4 Å². The molecule has 0 spiro atoms. The minimum Gasteiger partial charge on any atom is -0.481 e. The van der Waals surface area contributed by atoms with Crippen molar-refractivity contribution in [3.05, 3.63) is 28.3 Å². The largest absolute Gasteiger partial charge is 0.481 e. The first-order valence-corrected chi connectivity index (χ1v) is 7.28. The van der Waals surface area contributed by atoms with Crippen LogP contribution >= 0.6 is 11.6 Å². The van der Waals surface area contributed by atoms with E-state index in [4.69, 9.17) is 21.1 Å². The van der Waals surface area contributed by atoms with Gasteiger partial charge in [0, 0.05) is 10.6 Å². The second-order valence-electron chi connectivity index (χ2n) is 5.50. The van der Waals surface area contributed by atoms with E-state index in [9.17, 15) is 9.90 Å². The van der Waals surface area contributed by atoms with Gasteiger partial charge in [0.1, 0.15) is 5.75 Å². The fraction of sp³-hybridized carbons (Fsp3) is 0.533. The van der Waals surface area contributed by atoms with Crippen LogP contribution in [-0.2, 0) is 21.6 Å². The van der Waals surface area contributed by atoms with Crippen molar-refractivity contribution in [1.82, 2.24) is 0 Å². The summed E-state index contributed by atoms with van der Waals surface area (Å²) in [4.78, 5) is 11.9. The molecule has 1 saturated carbocycles. The predicted molar refractivity (Wildman–Crippen MR) is 74.1 cm³/mol. The van der Waals surface area contributed by atoms with Crippen LogP contribution in [0, 0.1) is 0 Å². The molecular formula is C15H17ClO4. The SMILES string of the molecule is O=C(O)C1(c2cc3c(cc2Cl)COCO3)CCCCC1. The second-order valence-corrected chi connectivity index (χ2v) is 5.91. The number of aliphatic carboxylic acids is 1. The van der Waals surface area contributed by atoms with Crippen LogP contribution in [0.1, 0.15) is 43.2 Å². The maximum Gasteiger partial charge on any atom is 0.314 e. The van der Waals surface area contributed by atoms with Gasteiger partial charge in [-0.3, -0.25) is 4.79 Å². The standard InChI is InChI=1S/C15H17ClO4/c16-12-6-10-8-19-9-20-13(10)7-11(12)15(14(17)18)4-2-1-3-5-15/h6-7H,1-5,8-9H2,(H,17,18). The van der Waals surface area contributed by atoms with Gasteiger partial charge in [-0.1, -0.05) is 30.9 Å². The van der Waals surface area contributed by atoms with E-state index in [1.165, 1.54) is 0 Å². The zero-order valence-corrected chi connectivity index (χ0v) is 11.9. The summed E-state index contributed by atoms with van der Waals surface area (Å²) in [5, 5.41) is 10.2. The molecule has 0 saturated heterocycles. The molecule has 0 aromatic heterocycles. The highest BCUT2D eigenvalue weighted by atomic mass is 35.5. The molecule has 0 unspecified atom stereocenters. The average Bonchev–Trinajstić information content (AvgIpc) is 2.47. The molecule has 3 rings (SSSR count). The molecule has 1 heterocycles. The maximum absolute atomic E-state index is 11.9. The summed E-state index contributed by atoms with van der Waals surface area (Å²) in [5.41, 5.74) is 0.694. The molecule has 4 nitrogen and oxygen atoms in total. The molecule has 0 amide bonds. The molecular weight excluding hydrogens is 280 g/mol. The smallest absolute Gasteiger partial charge is 0.314 e. The van der Waals surface area contributed by atoms with Crippen molar-refractivity contribution in [3.63, 3.8) is 0 Å². The third-order valence-corrected chi connectivity index (χ3v) is 4.65. The Kier molecular flexibility index (Phi) is 3.61. The van der Waals surface area contributed by atoms with Gasteiger partial charge >= 0.3 is 5.97 Å². The van der Waals surface area contributed by atoms with Crippen LogP contribution in [0.3, 0.4) is 0 Å². The fourth-order valence-corrected chi connectivity index (χ4v) is 3.59. The monoisotopic (exact) mass is 296 g/mol. The number of carbonyl (C=O) groups is 1. The van der Waals surface area contributed by atoms with Crippen molar-refractivity contribution in [3.8, 4) is 5.75 Å². The van der Waals surface area contributed by atoms with Crippen LogP contribution in [0.2, 0.25) is 5.02 Å². The van der Waals surface area contributed by atoms with Crippen LogP contribution < -0.4 is 4.74 Å². The summed E-state index contributed by atoms with van der Waals surface area (Å²) < 4.78 is 10.7. The highest BCUT2D eigenvalue weighted by Crippen LogP contribution is 2.45. The number of fused-ring (bicyclic) bond motifs is 1. The Balaban J connectivity index is 2.09. The number of hydrogen-bond donors (Lipinski definition) is 1. The third kappa shape index (κ3) is 2.17.